The summed E-state index contributed by atoms with van der Waals surface area (Å²) < 4.78 is 5.16. The molecule has 1 aromatic rings. The van der Waals surface area contributed by atoms with E-state index >= 15 is 0 Å². The maximum Gasteiger partial charge on any atom is 0.259 e. The molecule has 1 aliphatic rings. The Hall–Kier alpha value is -1.62. The first kappa shape index (κ1) is 13.8. The second-order valence-electron chi connectivity index (χ2n) is 4.88. The quantitative estimate of drug-likeness (QED) is 0.885. The Labute approximate surface area is 114 Å². The minimum absolute atomic E-state index is 0.0192. The van der Waals surface area contributed by atoms with Crippen molar-refractivity contribution in [1.82, 2.24) is 15.2 Å². The van der Waals surface area contributed by atoms with Crippen molar-refractivity contribution in [2.45, 2.75) is 12.8 Å². The number of aromatic nitrogens is 1. The zero-order valence-corrected chi connectivity index (χ0v) is 11.6. The van der Waals surface area contributed by atoms with Crippen LogP contribution < -0.4 is 10.1 Å². The number of likely N-dealkylation sites (tertiary alicyclic amines) is 1. The molecule has 0 saturated carbocycles. The van der Waals surface area contributed by atoms with E-state index < -0.39 is 0 Å². The smallest absolute Gasteiger partial charge is 0.259 e. The van der Waals surface area contributed by atoms with Gasteiger partial charge in [0.15, 0.2) is 0 Å². The molecule has 1 amide bonds. The van der Waals surface area contributed by atoms with Gasteiger partial charge in [-0.25, -0.2) is 4.98 Å². The number of pyridine rings is 1. The van der Waals surface area contributed by atoms with Crippen molar-refractivity contribution in [2.24, 2.45) is 5.92 Å². The van der Waals surface area contributed by atoms with E-state index in [-0.39, 0.29) is 5.91 Å². The number of amides is 1. The van der Waals surface area contributed by atoms with Crippen molar-refractivity contribution in [2.75, 3.05) is 33.8 Å². The number of methoxy groups -OCH3 is 1. The maximum absolute atomic E-state index is 12.5. The van der Waals surface area contributed by atoms with E-state index in [0.717, 1.165) is 26.1 Å². The zero-order chi connectivity index (χ0) is 13.7. The topological polar surface area (TPSA) is 54.5 Å². The van der Waals surface area contributed by atoms with Crippen molar-refractivity contribution in [3.8, 4) is 5.88 Å². The highest BCUT2D eigenvalue weighted by Crippen LogP contribution is 2.21. The maximum atomic E-state index is 12.5. The first-order valence-electron chi connectivity index (χ1n) is 6.69. The third kappa shape index (κ3) is 3.23. The summed E-state index contributed by atoms with van der Waals surface area (Å²) in [6, 6.07) is 3.54. The third-order valence-corrected chi connectivity index (χ3v) is 3.49. The van der Waals surface area contributed by atoms with Crippen LogP contribution in [0.5, 0.6) is 5.88 Å². The number of nitrogens with zero attached hydrogens (tertiary/aromatic N) is 2. The van der Waals surface area contributed by atoms with Crippen molar-refractivity contribution in [1.29, 1.82) is 0 Å². The number of nitrogens with one attached hydrogen (secondary N) is 1. The predicted octanol–water partition coefficient (Wildman–Crippen LogP) is 1.16. The second-order valence-corrected chi connectivity index (χ2v) is 4.88. The number of ether oxygens (including phenoxy) is 1. The molecule has 2 heterocycles. The van der Waals surface area contributed by atoms with Crippen LogP contribution in [-0.4, -0.2) is 49.6 Å². The fraction of sp³-hybridized carbons (Fsp3) is 0.571. The van der Waals surface area contributed by atoms with E-state index in [9.17, 15) is 4.79 Å². The summed E-state index contributed by atoms with van der Waals surface area (Å²) in [7, 11) is 3.49. The average molecular weight is 263 g/mol. The largest absolute Gasteiger partial charge is 0.480 e. The van der Waals surface area contributed by atoms with E-state index in [0.29, 0.717) is 17.4 Å². The van der Waals surface area contributed by atoms with Gasteiger partial charge in [0.25, 0.3) is 5.91 Å². The Morgan fingerprint density at radius 2 is 2.47 bits per heavy atom. The summed E-state index contributed by atoms with van der Waals surface area (Å²) in [4.78, 5) is 18.5. The number of hydrogen-bond acceptors (Lipinski definition) is 4. The molecule has 1 aliphatic heterocycles. The van der Waals surface area contributed by atoms with Crippen LogP contribution in [-0.2, 0) is 0 Å². The van der Waals surface area contributed by atoms with Crippen LogP contribution >= 0.6 is 0 Å². The summed E-state index contributed by atoms with van der Waals surface area (Å²) in [6.07, 6.45) is 3.87. The average Bonchev–Trinajstić information content (AvgIpc) is 2.47. The monoisotopic (exact) mass is 263 g/mol. The summed E-state index contributed by atoms with van der Waals surface area (Å²) in [6.45, 7) is 2.57. The predicted molar refractivity (Wildman–Crippen MR) is 73.3 cm³/mol. The van der Waals surface area contributed by atoms with Gasteiger partial charge in [0.05, 0.1) is 7.11 Å². The lowest BCUT2D eigenvalue weighted by atomic mass is 9.97. The van der Waals surface area contributed by atoms with Crippen molar-refractivity contribution >= 4 is 5.91 Å². The van der Waals surface area contributed by atoms with Crippen LogP contribution in [0.25, 0.3) is 0 Å². The van der Waals surface area contributed by atoms with Crippen LogP contribution in [0.15, 0.2) is 18.3 Å². The summed E-state index contributed by atoms with van der Waals surface area (Å²) in [5.41, 5.74) is 0.551. The van der Waals surface area contributed by atoms with Crippen LogP contribution in [0, 0.1) is 5.92 Å². The van der Waals surface area contributed by atoms with E-state index in [1.807, 2.05) is 11.9 Å². The van der Waals surface area contributed by atoms with E-state index in [1.165, 1.54) is 6.42 Å². The van der Waals surface area contributed by atoms with Gasteiger partial charge in [0.1, 0.15) is 5.56 Å². The zero-order valence-electron chi connectivity index (χ0n) is 11.6. The minimum atomic E-state index is 0.0192. The highest BCUT2D eigenvalue weighted by molar-refractivity contribution is 5.96. The van der Waals surface area contributed by atoms with Gasteiger partial charge < -0.3 is 15.0 Å². The molecule has 0 spiro atoms. The molecular weight excluding hydrogens is 242 g/mol. The fourth-order valence-electron chi connectivity index (χ4n) is 2.59. The first-order valence-corrected chi connectivity index (χ1v) is 6.69. The number of rotatable bonds is 4. The van der Waals surface area contributed by atoms with Gasteiger partial charge in [0, 0.05) is 19.3 Å². The molecule has 2 rings (SSSR count). The van der Waals surface area contributed by atoms with Gasteiger partial charge in [-0.15, -0.1) is 0 Å². The van der Waals surface area contributed by atoms with Crippen LogP contribution in [0.1, 0.15) is 23.2 Å². The Morgan fingerprint density at radius 3 is 3.21 bits per heavy atom. The van der Waals surface area contributed by atoms with Gasteiger partial charge in [-0.1, -0.05) is 0 Å². The SMILES string of the molecule is CNCC1CCCN(C(=O)c2cccnc2OC)C1. The molecule has 1 atom stereocenters. The lowest BCUT2D eigenvalue weighted by Gasteiger charge is -2.32. The molecule has 5 heteroatoms. The van der Waals surface area contributed by atoms with Gasteiger partial charge in [0.2, 0.25) is 5.88 Å². The standard InChI is InChI=1S/C14H21N3O2/c1-15-9-11-5-4-8-17(10-11)14(18)12-6-3-7-16-13(12)19-2/h3,6-7,11,15H,4-5,8-10H2,1-2H3. The number of carbonyl (C=O) groups is 1. The lowest BCUT2D eigenvalue weighted by Crippen LogP contribution is -2.42. The molecule has 0 aliphatic carbocycles. The first-order chi connectivity index (χ1) is 9.26. The molecule has 5 nitrogen and oxygen atoms in total. The highest BCUT2D eigenvalue weighted by atomic mass is 16.5. The van der Waals surface area contributed by atoms with Crippen LogP contribution in [0.2, 0.25) is 0 Å². The highest BCUT2D eigenvalue weighted by Gasteiger charge is 2.26. The molecule has 1 fully saturated rings. The molecule has 1 saturated heterocycles. The van der Waals surface area contributed by atoms with Crippen LogP contribution in [0.4, 0.5) is 0 Å². The van der Waals surface area contributed by atoms with Crippen LogP contribution in [0.3, 0.4) is 0 Å². The number of carbonyl (C=O) groups excluding carboxylic acids is 1. The molecule has 0 aromatic carbocycles. The molecule has 1 unspecified atom stereocenters. The van der Waals surface area contributed by atoms with Gasteiger partial charge in [-0.3, -0.25) is 4.79 Å². The normalized spacial score (nSPS) is 19.3. The summed E-state index contributed by atoms with van der Waals surface area (Å²) in [5, 5.41) is 3.18. The molecule has 104 valence electrons. The molecule has 1 N–H and O–H groups in total. The molecule has 0 radical (unpaired) electrons. The van der Waals surface area contributed by atoms with Crippen molar-refractivity contribution in [3.63, 3.8) is 0 Å². The van der Waals surface area contributed by atoms with Gasteiger partial charge >= 0.3 is 0 Å². The van der Waals surface area contributed by atoms with E-state index in [2.05, 4.69) is 10.3 Å². The molecule has 19 heavy (non-hydrogen) atoms. The van der Waals surface area contributed by atoms with Gasteiger partial charge in [-0.2, -0.15) is 0 Å². The summed E-state index contributed by atoms with van der Waals surface area (Å²) >= 11 is 0. The number of piperidine rings is 1. The second kappa shape index (κ2) is 6.52. The Kier molecular flexibility index (Phi) is 4.74. The minimum Gasteiger partial charge on any atom is -0.480 e. The third-order valence-electron chi connectivity index (χ3n) is 3.49. The van der Waals surface area contributed by atoms with E-state index in [4.69, 9.17) is 4.74 Å². The molecular formula is C14H21N3O2. The fourth-order valence-corrected chi connectivity index (χ4v) is 2.59. The summed E-state index contributed by atoms with van der Waals surface area (Å²) in [5.74, 6) is 0.958. The number of hydrogen-bond donors (Lipinski definition) is 1. The van der Waals surface area contributed by atoms with Crippen molar-refractivity contribution < 1.29 is 9.53 Å². The Bertz CT molecular complexity index is 434. The van der Waals surface area contributed by atoms with E-state index in [1.54, 1.807) is 25.4 Å². The molecule has 0 bridgehead atoms. The van der Waals surface area contributed by atoms with Gasteiger partial charge in [-0.05, 0) is 44.5 Å². The lowest BCUT2D eigenvalue weighted by molar-refractivity contribution is 0.0670. The Balaban J connectivity index is 2.10. The van der Waals surface area contributed by atoms with Crippen molar-refractivity contribution in [3.05, 3.63) is 23.9 Å². The molecule has 1 aromatic heterocycles. The Morgan fingerprint density at radius 1 is 1.63 bits per heavy atom.